The number of hydrogen-bond acceptors (Lipinski definition) is 7. The summed E-state index contributed by atoms with van der Waals surface area (Å²) in [4.78, 5) is 13.7. The van der Waals surface area contributed by atoms with E-state index in [9.17, 15) is 4.79 Å². The first-order chi connectivity index (χ1) is 18.9. The third-order valence-corrected chi connectivity index (χ3v) is 7.05. The number of allylic oxidation sites excluding steroid dienone is 1. The quantitative estimate of drug-likeness (QED) is 0.262. The van der Waals surface area contributed by atoms with E-state index in [1.165, 1.54) is 0 Å². The zero-order valence-electron chi connectivity index (χ0n) is 22.2. The summed E-state index contributed by atoms with van der Waals surface area (Å²) in [6.45, 7) is 8.58. The van der Waals surface area contributed by atoms with Gasteiger partial charge in [0.15, 0.2) is 11.5 Å². The molecule has 3 aromatic carbocycles. The first-order valence-electron chi connectivity index (χ1n) is 12.6. The Balaban J connectivity index is 1.54. The number of fused-ring (bicyclic) bond motifs is 1. The summed E-state index contributed by atoms with van der Waals surface area (Å²) >= 11 is 3.69. The van der Waals surface area contributed by atoms with Crippen molar-refractivity contribution in [1.82, 2.24) is 20.2 Å². The zero-order chi connectivity index (χ0) is 27.5. The number of nitrogens with zero attached hydrogens (tertiary/aromatic N) is 4. The van der Waals surface area contributed by atoms with Crippen LogP contribution >= 0.6 is 15.9 Å². The molecule has 2 heterocycles. The highest BCUT2D eigenvalue weighted by atomic mass is 79.9. The smallest absolute Gasteiger partial charge is 0.255 e. The summed E-state index contributed by atoms with van der Waals surface area (Å²) < 4.78 is 14.5. The van der Waals surface area contributed by atoms with Crippen LogP contribution < -0.4 is 20.1 Å². The molecule has 10 heteroatoms. The molecule has 200 valence electrons. The highest BCUT2D eigenvalue weighted by Gasteiger charge is 2.35. The van der Waals surface area contributed by atoms with Crippen LogP contribution in [0.15, 0.2) is 76.4 Å². The van der Waals surface area contributed by atoms with Gasteiger partial charge in [0.25, 0.3) is 5.91 Å². The van der Waals surface area contributed by atoms with Gasteiger partial charge in [0, 0.05) is 11.4 Å². The molecule has 0 bridgehead atoms. The van der Waals surface area contributed by atoms with Crippen molar-refractivity contribution < 1.29 is 14.3 Å². The molecular weight excluding hydrogens is 560 g/mol. The summed E-state index contributed by atoms with van der Waals surface area (Å²) in [5.41, 5.74) is 5.82. The summed E-state index contributed by atoms with van der Waals surface area (Å²) in [6, 6.07) is 19.0. The number of aromatic nitrogens is 4. The number of carbonyl (C=O) groups is 1. The van der Waals surface area contributed by atoms with Crippen molar-refractivity contribution in [2.75, 3.05) is 17.2 Å². The van der Waals surface area contributed by atoms with E-state index in [0.29, 0.717) is 46.4 Å². The van der Waals surface area contributed by atoms with Crippen LogP contribution in [0, 0.1) is 13.8 Å². The predicted octanol–water partition coefficient (Wildman–Crippen LogP) is 5.96. The minimum atomic E-state index is -0.610. The van der Waals surface area contributed by atoms with Gasteiger partial charge in [0.1, 0.15) is 12.6 Å². The number of para-hydroxylation sites is 1. The lowest BCUT2D eigenvalue weighted by Crippen LogP contribution is -2.31. The number of hydrogen-bond donors (Lipinski definition) is 2. The molecule has 9 nitrogen and oxygen atoms in total. The fourth-order valence-electron chi connectivity index (χ4n) is 4.62. The first kappa shape index (κ1) is 26.4. The van der Waals surface area contributed by atoms with Crippen LogP contribution in [0.5, 0.6) is 11.5 Å². The molecule has 1 unspecified atom stereocenters. The van der Waals surface area contributed by atoms with Crippen molar-refractivity contribution in [3.63, 3.8) is 0 Å². The minimum absolute atomic E-state index is 0.255. The Morgan fingerprint density at radius 1 is 1.08 bits per heavy atom. The van der Waals surface area contributed by atoms with Gasteiger partial charge in [0.05, 0.1) is 16.7 Å². The minimum Gasteiger partial charge on any atom is -0.490 e. The molecule has 1 amide bonds. The zero-order valence-corrected chi connectivity index (χ0v) is 23.7. The maximum Gasteiger partial charge on any atom is 0.255 e. The van der Waals surface area contributed by atoms with Gasteiger partial charge in [-0.15, -0.1) is 0 Å². The number of anilines is 2. The van der Waals surface area contributed by atoms with Crippen LogP contribution in [0.25, 0.3) is 0 Å². The average molecular weight is 589 g/mol. The normalized spacial score (nSPS) is 14.4. The maximum atomic E-state index is 13.7. The molecule has 0 spiro atoms. The Hall–Kier alpha value is -4.18. The number of benzene rings is 3. The van der Waals surface area contributed by atoms with Crippen LogP contribution in [0.1, 0.15) is 42.1 Å². The first-order valence-corrected chi connectivity index (χ1v) is 13.4. The summed E-state index contributed by atoms with van der Waals surface area (Å²) in [5, 5.41) is 18.4. The third-order valence-electron chi connectivity index (χ3n) is 6.47. The molecule has 1 aliphatic rings. The molecule has 0 fully saturated rings. The van der Waals surface area contributed by atoms with Crippen LogP contribution in [0.4, 0.5) is 11.6 Å². The highest BCUT2D eigenvalue weighted by molar-refractivity contribution is 9.10. The molecule has 4 aromatic rings. The highest BCUT2D eigenvalue weighted by Crippen LogP contribution is 2.43. The lowest BCUT2D eigenvalue weighted by Gasteiger charge is -2.29. The molecule has 0 radical (unpaired) electrons. The van der Waals surface area contributed by atoms with Gasteiger partial charge in [-0.1, -0.05) is 53.1 Å². The number of rotatable bonds is 8. The number of nitrogens with one attached hydrogen (secondary N) is 2. The van der Waals surface area contributed by atoms with Crippen molar-refractivity contribution in [3.8, 4) is 11.5 Å². The number of aryl methyl sites for hydroxylation is 2. The van der Waals surface area contributed by atoms with Crippen LogP contribution in [-0.4, -0.2) is 32.7 Å². The molecule has 0 saturated carbocycles. The molecule has 2 N–H and O–H groups in total. The summed E-state index contributed by atoms with van der Waals surface area (Å²) in [6.07, 6.45) is 0. The molecule has 1 atom stereocenters. The van der Waals surface area contributed by atoms with E-state index >= 15 is 0 Å². The van der Waals surface area contributed by atoms with E-state index in [4.69, 9.17) is 9.47 Å². The Bertz CT molecular complexity index is 1560. The second kappa shape index (κ2) is 11.3. The Kier molecular flexibility index (Phi) is 7.65. The van der Waals surface area contributed by atoms with E-state index in [2.05, 4.69) is 61.1 Å². The molecule has 0 aliphatic carbocycles. The Labute approximate surface area is 235 Å². The lowest BCUT2D eigenvalue weighted by molar-refractivity contribution is -0.113. The topological polar surface area (TPSA) is 103 Å². The second-order valence-corrected chi connectivity index (χ2v) is 10.2. The predicted molar refractivity (Wildman–Crippen MR) is 153 cm³/mol. The van der Waals surface area contributed by atoms with Crippen LogP contribution in [0.2, 0.25) is 0 Å². The molecule has 5 rings (SSSR count). The van der Waals surface area contributed by atoms with Gasteiger partial charge in [-0.3, -0.25) is 4.79 Å². The lowest BCUT2D eigenvalue weighted by atomic mass is 9.94. The fourth-order valence-corrected chi connectivity index (χ4v) is 5.20. The SMILES string of the molecule is CCOc1cc(C2C(C(=O)Nc3ccccc3C)=C(C)Nc3nnnn32)cc(Br)c1OCc1cccc(C)c1. The van der Waals surface area contributed by atoms with Gasteiger partial charge in [-0.2, -0.15) is 4.68 Å². The van der Waals surface area contributed by atoms with Crippen molar-refractivity contribution in [2.24, 2.45) is 0 Å². The van der Waals surface area contributed by atoms with Gasteiger partial charge < -0.3 is 20.1 Å². The van der Waals surface area contributed by atoms with Crippen LogP contribution in [0.3, 0.4) is 0 Å². The van der Waals surface area contributed by atoms with E-state index in [-0.39, 0.29) is 5.91 Å². The van der Waals surface area contributed by atoms with Crippen molar-refractivity contribution in [3.05, 3.63) is 98.7 Å². The molecule has 39 heavy (non-hydrogen) atoms. The third kappa shape index (κ3) is 5.51. The standard InChI is InChI=1S/C29H29BrN6O3/c1-5-38-24-15-21(14-22(30)27(24)39-16-20-11-8-9-17(2)13-20)26-25(19(4)31-29-33-34-35-36(26)29)28(37)32-23-12-7-6-10-18(23)3/h6-15,26H,5,16H2,1-4H3,(H,32,37)(H,31,33,35). The molecule has 1 aromatic heterocycles. The average Bonchev–Trinajstić information content (AvgIpc) is 3.37. The maximum absolute atomic E-state index is 13.7. The van der Waals surface area contributed by atoms with E-state index in [0.717, 1.165) is 27.9 Å². The van der Waals surface area contributed by atoms with Gasteiger partial charge in [-0.25, -0.2) is 0 Å². The van der Waals surface area contributed by atoms with Gasteiger partial charge in [0.2, 0.25) is 5.95 Å². The van der Waals surface area contributed by atoms with Crippen molar-refractivity contribution in [1.29, 1.82) is 0 Å². The number of amides is 1. The Morgan fingerprint density at radius 2 is 1.90 bits per heavy atom. The fraction of sp³-hybridized carbons (Fsp3) is 0.241. The molecule has 1 aliphatic heterocycles. The monoisotopic (exact) mass is 588 g/mol. The van der Waals surface area contributed by atoms with Crippen molar-refractivity contribution >= 4 is 33.5 Å². The molecular formula is C29H29BrN6O3. The van der Waals surface area contributed by atoms with Gasteiger partial charge in [-0.05, 0) is 88.9 Å². The number of carbonyl (C=O) groups excluding carboxylic acids is 1. The van der Waals surface area contributed by atoms with Crippen LogP contribution in [-0.2, 0) is 11.4 Å². The summed E-state index contributed by atoms with van der Waals surface area (Å²) in [5.74, 6) is 1.33. The van der Waals surface area contributed by atoms with E-state index in [1.807, 2.05) is 69.3 Å². The number of ether oxygens (including phenoxy) is 2. The largest absolute Gasteiger partial charge is 0.490 e. The Morgan fingerprint density at radius 3 is 2.67 bits per heavy atom. The second-order valence-electron chi connectivity index (χ2n) is 9.32. The number of halogens is 1. The van der Waals surface area contributed by atoms with E-state index in [1.54, 1.807) is 4.68 Å². The van der Waals surface area contributed by atoms with E-state index < -0.39 is 6.04 Å². The molecule has 0 saturated heterocycles. The van der Waals surface area contributed by atoms with Crippen molar-refractivity contribution in [2.45, 2.75) is 40.3 Å². The summed E-state index contributed by atoms with van der Waals surface area (Å²) in [7, 11) is 0. The van der Waals surface area contributed by atoms with Gasteiger partial charge >= 0.3 is 0 Å². The number of tetrazole rings is 1.